The van der Waals surface area contributed by atoms with Crippen molar-refractivity contribution >= 4 is 0 Å². The van der Waals surface area contributed by atoms with E-state index in [1.807, 2.05) is 0 Å². The fourth-order valence-electron chi connectivity index (χ4n) is 4.73. The van der Waals surface area contributed by atoms with Gasteiger partial charge in [-0.2, -0.15) is 0 Å². The highest BCUT2D eigenvalue weighted by atomic mass is 19.4. The van der Waals surface area contributed by atoms with Crippen LogP contribution in [0.5, 0.6) is 5.75 Å². The maximum absolute atomic E-state index is 12.2. The van der Waals surface area contributed by atoms with Gasteiger partial charge < -0.3 is 4.74 Å². The van der Waals surface area contributed by atoms with Crippen molar-refractivity contribution in [2.75, 3.05) is 0 Å². The minimum Gasteiger partial charge on any atom is -0.406 e. The van der Waals surface area contributed by atoms with Crippen LogP contribution in [-0.2, 0) is 0 Å². The molecule has 2 aliphatic rings. The molecule has 0 saturated heterocycles. The van der Waals surface area contributed by atoms with Gasteiger partial charge in [0.1, 0.15) is 5.75 Å². The van der Waals surface area contributed by atoms with E-state index >= 15 is 0 Å². The zero-order chi connectivity index (χ0) is 19.3. The minimum absolute atomic E-state index is 0.202. The number of benzene rings is 1. The van der Waals surface area contributed by atoms with E-state index in [1.165, 1.54) is 57.1 Å². The summed E-state index contributed by atoms with van der Waals surface area (Å²) in [5.74, 6) is 9.42. The lowest BCUT2D eigenvalue weighted by molar-refractivity contribution is -0.274. The highest BCUT2D eigenvalue weighted by molar-refractivity contribution is 5.38. The molecule has 0 bridgehead atoms. The lowest BCUT2D eigenvalue weighted by atomic mass is 9.69. The first-order valence-electron chi connectivity index (χ1n) is 10.3. The van der Waals surface area contributed by atoms with Gasteiger partial charge in [-0.3, -0.25) is 0 Å². The topological polar surface area (TPSA) is 9.23 Å². The van der Waals surface area contributed by atoms with E-state index in [1.54, 1.807) is 12.1 Å². The van der Waals surface area contributed by atoms with E-state index in [4.69, 9.17) is 0 Å². The molecular weight excluding hydrogens is 349 g/mol. The second-order valence-electron chi connectivity index (χ2n) is 8.14. The number of hydrogen-bond acceptors (Lipinski definition) is 1. The van der Waals surface area contributed by atoms with Crippen molar-refractivity contribution in [2.24, 2.45) is 23.7 Å². The van der Waals surface area contributed by atoms with Gasteiger partial charge >= 0.3 is 6.36 Å². The molecule has 1 nitrogen and oxygen atoms in total. The molecule has 0 spiro atoms. The number of ether oxygens (including phenoxy) is 1. The summed E-state index contributed by atoms with van der Waals surface area (Å²) in [6, 6.07) is 5.82. The third-order valence-electron chi connectivity index (χ3n) is 6.42. The van der Waals surface area contributed by atoms with Crippen LogP contribution in [0.15, 0.2) is 24.3 Å². The zero-order valence-corrected chi connectivity index (χ0v) is 16.0. The summed E-state index contributed by atoms with van der Waals surface area (Å²) in [6.45, 7) is 2.31. The molecule has 3 rings (SSSR count). The van der Waals surface area contributed by atoms with Crippen molar-refractivity contribution in [1.29, 1.82) is 0 Å². The largest absolute Gasteiger partial charge is 0.573 e. The molecule has 2 fully saturated rings. The van der Waals surface area contributed by atoms with E-state index in [0.717, 1.165) is 36.2 Å². The van der Waals surface area contributed by atoms with E-state index in [2.05, 4.69) is 23.5 Å². The molecule has 148 valence electrons. The summed E-state index contributed by atoms with van der Waals surface area (Å²) in [4.78, 5) is 0. The predicted molar refractivity (Wildman–Crippen MR) is 101 cm³/mol. The van der Waals surface area contributed by atoms with E-state index in [9.17, 15) is 13.2 Å². The Morgan fingerprint density at radius 2 is 1.44 bits per heavy atom. The first-order valence-corrected chi connectivity index (χ1v) is 10.3. The van der Waals surface area contributed by atoms with Gasteiger partial charge in [0.25, 0.3) is 0 Å². The molecule has 2 aliphatic carbocycles. The molecule has 0 unspecified atom stereocenters. The van der Waals surface area contributed by atoms with Gasteiger partial charge in [-0.05, 0) is 80.5 Å². The number of alkyl halides is 3. The monoisotopic (exact) mass is 378 g/mol. The second kappa shape index (κ2) is 9.04. The van der Waals surface area contributed by atoms with Crippen molar-refractivity contribution in [2.45, 2.75) is 71.1 Å². The van der Waals surface area contributed by atoms with Crippen molar-refractivity contribution in [1.82, 2.24) is 0 Å². The number of halogens is 3. The van der Waals surface area contributed by atoms with E-state index in [0.29, 0.717) is 5.92 Å². The third kappa shape index (κ3) is 6.19. The lowest BCUT2D eigenvalue weighted by Gasteiger charge is -2.36. The molecule has 0 aromatic heterocycles. The Kier molecular flexibility index (Phi) is 6.73. The summed E-state index contributed by atoms with van der Waals surface area (Å²) < 4.78 is 40.4. The molecule has 0 atom stereocenters. The van der Waals surface area contributed by atoms with Gasteiger partial charge in [-0.1, -0.05) is 38.0 Å². The average Bonchev–Trinajstić information content (AvgIpc) is 2.67. The summed E-state index contributed by atoms with van der Waals surface area (Å²) >= 11 is 0. The fraction of sp³-hybridized carbons (Fsp3) is 0.652. The van der Waals surface area contributed by atoms with Crippen LogP contribution in [0.3, 0.4) is 0 Å². The number of rotatable bonds is 3. The van der Waals surface area contributed by atoms with Gasteiger partial charge in [-0.15, -0.1) is 13.2 Å². The zero-order valence-electron chi connectivity index (χ0n) is 16.0. The van der Waals surface area contributed by atoms with Crippen LogP contribution in [-0.4, -0.2) is 6.36 Å². The SMILES string of the molecule is CCC1CCC(C2CCC(C#Cc3ccc(OC(F)(F)F)cc3)CC2)CC1. The van der Waals surface area contributed by atoms with Crippen LogP contribution in [0.4, 0.5) is 13.2 Å². The Morgan fingerprint density at radius 1 is 0.889 bits per heavy atom. The van der Waals surface area contributed by atoms with Crippen LogP contribution in [0, 0.1) is 35.5 Å². The van der Waals surface area contributed by atoms with Gasteiger partial charge in [0.2, 0.25) is 0 Å². The second-order valence-corrected chi connectivity index (χ2v) is 8.14. The maximum atomic E-state index is 12.2. The Hall–Kier alpha value is -1.63. The van der Waals surface area contributed by atoms with Crippen LogP contribution in [0.1, 0.15) is 70.3 Å². The Balaban J connectivity index is 1.46. The summed E-state index contributed by atoms with van der Waals surface area (Å²) in [5, 5.41) is 0. The Bertz CT molecular complexity index is 637. The van der Waals surface area contributed by atoms with Gasteiger partial charge in [0.05, 0.1) is 0 Å². The molecule has 1 aromatic carbocycles. The first kappa shape index (κ1) is 20.1. The molecule has 2 saturated carbocycles. The van der Waals surface area contributed by atoms with Crippen molar-refractivity contribution in [3.8, 4) is 17.6 Å². The molecule has 4 heteroatoms. The molecule has 1 aromatic rings. The fourth-order valence-corrected chi connectivity index (χ4v) is 4.73. The predicted octanol–water partition coefficient (Wildman–Crippen LogP) is 6.96. The molecule has 0 heterocycles. The van der Waals surface area contributed by atoms with Crippen LogP contribution < -0.4 is 4.74 Å². The van der Waals surface area contributed by atoms with Gasteiger partial charge in [-0.25, -0.2) is 0 Å². The van der Waals surface area contributed by atoms with Crippen LogP contribution in [0.25, 0.3) is 0 Å². The smallest absolute Gasteiger partial charge is 0.406 e. The van der Waals surface area contributed by atoms with Crippen molar-refractivity contribution in [3.05, 3.63) is 29.8 Å². The van der Waals surface area contributed by atoms with E-state index in [-0.39, 0.29) is 5.75 Å². The average molecular weight is 378 g/mol. The standard InChI is InChI=1S/C23H29F3O/c1-2-17-5-11-20(12-6-17)21-13-7-18(8-14-21)3-4-19-9-15-22(16-10-19)27-23(24,25)26/h9-10,15-18,20-21H,2,5-8,11-14H2,1H3. The van der Waals surface area contributed by atoms with Gasteiger partial charge in [0.15, 0.2) is 0 Å². The Morgan fingerprint density at radius 3 is 1.96 bits per heavy atom. The summed E-state index contributed by atoms with van der Waals surface area (Å²) in [6.07, 6.45) is 7.18. The van der Waals surface area contributed by atoms with E-state index < -0.39 is 6.36 Å². The molecule has 0 aliphatic heterocycles. The quantitative estimate of drug-likeness (QED) is 0.517. The van der Waals surface area contributed by atoms with Crippen LogP contribution >= 0.6 is 0 Å². The van der Waals surface area contributed by atoms with Crippen molar-refractivity contribution in [3.63, 3.8) is 0 Å². The highest BCUT2D eigenvalue weighted by Gasteiger charge is 2.31. The summed E-state index contributed by atoms with van der Waals surface area (Å²) in [7, 11) is 0. The minimum atomic E-state index is -4.65. The van der Waals surface area contributed by atoms with Crippen LogP contribution in [0.2, 0.25) is 0 Å². The molecule has 0 N–H and O–H groups in total. The molecule has 27 heavy (non-hydrogen) atoms. The molecular formula is C23H29F3O. The first-order chi connectivity index (χ1) is 12.9. The van der Waals surface area contributed by atoms with Crippen molar-refractivity contribution < 1.29 is 17.9 Å². The summed E-state index contributed by atoms with van der Waals surface area (Å²) in [5.41, 5.74) is 0.740. The van der Waals surface area contributed by atoms with Gasteiger partial charge in [0, 0.05) is 11.5 Å². The number of hydrogen-bond donors (Lipinski definition) is 0. The normalized spacial score (nSPS) is 28.9. The maximum Gasteiger partial charge on any atom is 0.573 e. The lowest BCUT2D eigenvalue weighted by Crippen LogP contribution is -2.25. The highest BCUT2D eigenvalue weighted by Crippen LogP contribution is 2.41. The molecule has 0 amide bonds. The third-order valence-corrected chi connectivity index (χ3v) is 6.42. The molecule has 0 radical (unpaired) electrons. The Labute approximate surface area is 160 Å².